The predicted octanol–water partition coefficient (Wildman–Crippen LogP) is 3.51. The molecular weight excluding hydrogens is 333 g/mol. The second-order valence-electron chi connectivity index (χ2n) is 6.42. The van der Waals surface area contributed by atoms with Crippen molar-refractivity contribution >= 4 is 5.91 Å². The first-order valence-corrected chi connectivity index (χ1v) is 8.66. The molecule has 1 heterocycles. The van der Waals surface area contributed by atoms with Crippen LogP contribution in [0.3, 0.4) is 0 Å². The summed E-state index contributed by atoms with van der Waals surface area (Å²) in [7, 11) is 2.08. The van der Waals surface area contributed by atoms with Crippen molar-refractivity contribution in [3.8, 4) is 5.75 Å². The van der Waals surface area contributed by atoms with E-state index >= 15 is 0 Å². The molecule has 0 aromatic heterocycles. The van der Waals surface area contributed by atoms with Crippen molar-refractivity contribution in [3.05, 3.63) is 29.8 Å². The molecule has 1 aromatic carbocycles. The van der Waals surface area contributed by atoms with Crippen molar-refractivity contribution in [1.82, 2.24) is 10.2 Å². The van der Waals surface area contributed by atoms with Crippen LogP contribution in [0, 0.1) is 0 Å². The summed E-state index contributed by atoms with van der Waals surface area (Å²) in [5.41, 5.74) is 0.423. The fourth-order valence-electron chi connectivity index (χ4n) is 3.17. The second kappa shape index (κ2) is 9.08. The highest BCUT2D eigenvalue weighted by molar-refractivity contribution is 5.75. The van der Waals surface area contributed by atoms with E-state index in [9.17, 15) is 18.0 Å². The number of halogens is 3. The Hall–Kier alpha value is -1.76. The first-order chi connectivity index (χ1) is 11.8. The van der Waals surface area contributed by atoms with Gasteiger partial charge in [-0.25, -0.2) is 0 Å². The average Bonchev–Trinajstić information content (AvgIpc) is 2.54. The van der Waals surface area contributed by atoms with Gasteiger partial charge >= 0.3 is 6.36 Å². The predicted molar refractivity (Wildman–Crippen MR) is 89.3 cm³/mol. The van der Waals surface area contributed by atoms with Gasteiger partial charge in [0, 0.05) is 19.0 Å². The summed E-state index contributed by atoms with van der Waals surface area (Å²) in [6.07, 6.45) is 0.357. The molecule has 1 fully saturated rings. The molecule has 1 N–H and O–H groups in total. The van der Waals surface area contributed by atoms with E-state index in [-0.39, 0.29) is 18.2 Å². The second-order valence-corrected chi connectivity index (χ2v) is 6.42. The van der Waals surface area contributed by atoms with Crippen LogP contribution in [0.5, 0.6) is 5.75 Å². The number of nitrogens with zero attached hydrogens (tertiary/aromatic N) is 1. The van der Waals surface area contributed by atoms with E-state index in [0.29, 0.717) is 24.4 Å². The number of rotatable bonds is 7. The van der Waals surface area contributed by atoms with Crippen molar-refractivity contribution in [2.24, 2.45) is 0 Å². The fourth-order valence-corrected chi connectivity index (χ4v) is 3.17. The third-order valence-corrected chi connectivity index (χ3v) is 4.54. The molecule has 140 valence electrons. The zero-order valence-electron chi connectivity index (χ0n) is 14.4. The van der Waals surface area contributed by atoms with Crippen molar-refractivity contribution in [1.29, 1.82) is 0 Å². The van der Waals surface area contributed by atoms with Crippen molar-refractivity contribution in [2.45, 2.75) is 50.9 Å². The molecule has 0 aliphatic carbocycles. The number of carbonyl (C=O) groups is 1. The maximum atomic E-state index is 12.4. The Kier molecular flexibility index (Phi) is 7.11. The Labute approximate surface area is 146 Å². The molecule has 2 rings (SSSR count). The maximum Gasteiger partial charge on any atom is 0.573 e. The van der Waals surface area contributed by atoms with E-state index in [2.05, 4.69) is 22.0 Å². The van der Waals surface area contributed by atoms with Gasteiger partial charge in [0.25, 0.3) is 0 Å². The van der Waals surface area contributed by atoms with Crippen LogP contribution in [0.4, 0.5) is 13.2 Å². The highest BCUT2D eigenvalue weighted by atomic mass is 19.4. The average molecular weight is 358 g/mol. The van der Waals surface area contributed by atoms with Crippen molar-refractivity contribution in [3.63, 3.8) is 0 Å². The molecule has 0 radical (unpaired) electrons. The van der Waals surface area contributed by atoms with Gasteiger partial charge in [-0.3, -0.25) is 4.79 Å². The number of carbonyl (C=O) groups excluding carboxylic acids is 1. The number of alkyl halides is 3. The first kappa shape index (κ1) is 19.6. The lowest BCUT2D eigenvalue weighted by molar-refractivity contribution is -0.274. The summed E-state index contributed by atoms with van der Waals surface area (Å²) in [5, 5.41) is 2.78. The van der Waals surface area contributed by atoms with E-state index in [1.54, 1.807) is 12.1 Å². The van der Waals surface area contributed by atoms with E-state index in [1.165, 1.54) is 25.0 Å². The van der Waals surface area contributed by atoms with Gasteiger partial charge < -0.3 is 15.0 Å². The molecule has 1 aromatic rings. The van der Waals surface area contributed by atoms with Crippen LogP contribution >= 0.6 is 0 Å². The quantitative estimate of drug-likeness (QED) is 0.811. The Morgan fingerprint density at radius 3 is 2.80 bits per heavy atom. The molecule has 1 aliphatic heterocycles. The smallest absolute Gasteiger partial charge is 0.406 e. The molecule has 0 bridgehead atoms. The highest BCUT2D eigenvalue weighted by Crippen LogP contribution is 2.26. The standard InChI is InChI=1S/C18H25F3N2O2/c1-23-13-5-4-7-15(23)9-10-17(24)22-12-11-14-6-2-3-8-16(14)25-18(19,20)21/h2-3,6,8,15H,4-5,7,9-13H2,1H3,(H,22,24)/t15-/m1/s1. The summed E-state index contributed by atoms with van der Waals surface area (Å²) >= 11 is 0. The molecule has 4 nitrogen and oxygen atoms in total. The van der Waals surface area contributed by atoms with Gasteiger partial charge in [0.15, 0.2) is 0 Å². The van der Waals surface area contributed by atoms with Gasteiger partial charge in [-0.2, -0.15) is 0 Å². The lowest BCUT2D eigenvalue weighted by Gasteiger charge is -2.32. The van der Waals surface area contributed by atoms with Gasteiger partial charge in [-0.15, -0.1) is 13.2 Å². The minimum atomic E-state index is -4.72. The van der Waals surface area contributed by atoms with Crippen LogP contribution in [-0.2, 0) is 11.2 Å². The third kappa shape index (κ3) is 6.94. The number of hydrogen-bond acceptors (Lipinski definition) is 3. The molecule has 7 heteroatoms. The molecule has 1 saturated heterocycles. The molecular formula is C18H25F3N2O2. The number of piperidine rings is 1. The third-order valence-electron chi connectivity index (χ3n) is 4.54. The molecule has 0 saturated carbocycles. The lowest BCUT2D eigenvalue weighted by Crippen LogP contribution is -2.37. The zero-order valence-corrected chi connectivity index (χ0v) is 14.4. The summed E-state index contributed by atoms with van der Waals surface area (Å²) in [5.74, 6) is -0.277. The van der Waals surface area contributed by atoms with Gasteiger partial charge in [0.2, 0.25) is 5.91 Å². The lowest BCUT2D eigenvalue weighted by atomic mass is 9.98. The summed E-state index contributed by atoms with van der Waals surface area (Å²) in [6, 6.07) is 6.44. The zero-order chi connectivity index (χ0) is 18.3. The maximum absolute atomic E-state index is 12.4. The van der Waals surface area contributed by atoms with Gasteiger partial charge in [-0.1, -0.05) is 24.6 Å². The van der Waals surface area contributed by atoms with Crippen LogP contribution in [0.25, 0.3) is 0 Å². The van der Waals surface area contributed by atoms with Gasteiger partial charge in [0.05, 0.1) is 0 Å². The summed E-state index contributed by atoms with van der Waals surface area (Å²) in [6.45, 7) is 1.36. The Bertz CT molecular complexity index is 563. The monoisotopic (exact) mass is 358 g/mol. The van der Waals surface area contributed by atoms with E-state index in [1.807, 2.05) is 0 Å². The summed E-state index contributed by atoms with van der Waals surface area (Å²) < 4.78 is 41.2. The van der Waals surface area contributed by atoms with E-state index < -0.39 is 6.36 Å². The highest BCUT2D eigenvalue weighted by Gasteiger charge is 2.31. The molecule has 0 unspecified atom stereocenters. The van der Waals surface area contributed by atoms with Crippen molar-refractivity contribution < 1.29 is 22.7 Å². The Morgan fingerprint density at radius 2 is 2.08 bits per heavy atom. The fraction of sp³-hybridized carbons (Fsp3) is 0.611. The van der Waals surface area contributed by atoms with Crippen LogP contribution < -0.4 is 10.1 Å². The number of benzene rings is 1. The number of nitrogens with one attached hydrogen (secondary N) is 1. The number of likely N-dealkylation sites (tertiary alicyclic amines) is 1. The molecule has 0 spiro atoms. The minimum absolute atomic E-state index is 0.0619. The molecule has 1 amide bonds. The largest absolute Gasteiger partial charge is 0.573 e. The first-order valence-electron chi connectivity index (χ1n) is 8.66. The van der Waals surface area contributed by atoms with Gasteiger partial charge in [-0.05, 0) is 50.9 Å². The Morgan fingerprint density at radius 1 is 1.32 bits per heavy atom. The van der Waals surface area contributed by atoms with Crippen LogP contribution in [0.1, 0.15) is 37.7 Å². The van der Waals surface area contributed by atoms with Gasteiger partial charge in [0.1, 0.15) is 5.75 Å². The minimum Gasteiger partial charge on any atom is -0.406 e. The number of para-hydroxylation sites is 1. The molecule has 25 heavy (non-hydrogen) atoms. The van der Waals surface area contributed by atoms with E-state index in [0.717, 1.165) is 19.4 Å². The Balaban J connectivity index is 1.74. The molecule has 1 aliphatic rings. The topological polar surface area (TPSA) is 41.6 Å². The van der Waals surface area contributed by atoms with Crippen LogP contribution in [0.15, 0.2) is 24.3 Å². The van der Waals surface area contributed by atoms with E-state index in [4.69, 9.17) is 0 Å². The SMILES string of the molecule is CN1CCCC[C@@H]1CCC(=O)NCCc1ccccc1OC(F)(F)F. The molecule has 1 atom stereocenters. The number of amides is 1. The summed E-state index contributed by atoms with van der Waals surface area (Å²) in [4.78, 5) is 14.2. The number of hydrogen-bond donors (Lipinski definition) is 1. The van der Waals surface area contributed by atoms with Crippen molar-refractivity contribution in [2.75, 3.05) is 20.1 Å². The number of ether oxygens (including phenoxy) is 1. The van der Waals surface area contributed by atoms with Crippen LogP contribution in [-0.4, -0.2) is 43.3 Å². The normalized spacial score (nSPS) is 18.8. The van der Waals surface area contributed by atoms with Crippen LogP contribution in [0.2, 0.25) is 0 Å².